The third-order valence-corrected chi connectivity index (χ3v) is 6.43. The Morgan fingerprint density at radius 1 is 0.960 bits per heavy atom. The zero-order valence-electron chi connectivity index (χ0n) is 15.8. The predicted molar refractivity (Wildman–Crippen MR) is 102 cm³/mol. The van der Waals surface area contributed by atoms with Gasteiger partial charge in [-0.05, 0) is 74.0 Å². The normalized spacial score (nSPS) is 29.9. The van der Waals surface area contributed by atoms with Crippen LogP contribution in [0.3, 0.4) is 0 Å². The van der Waals surface area contributed by atoms with Crippen molar-refractivity contribution >= 4 is 0 Å². The Bertz CT molecular complexity index is 542. The van der Waals surface area contributed by atoms with E-state index in [-0.39, 0.29) is 0 Å². The van der Waals surface area contributed by atoms with Gasteiger partial charge in [-0.1, -0.05) is 44.7 Å². The highest BCUT2D eigenvalue weighted by atomic mass is 16.5. The topological polar surface area (TPSA) is 33.0 Å². The first-order valence-electron chi connectivity index (χ1n) is 10.4. The summed E-state index contributed by atoms with van der Waals surface area (Å²) in [7, 11) is 0. The van der Waals surface area contributed by atoms with Crippen LogP contribution < -0.4 is 0 Å². The van der Waals surface area contributed by atoms with Crippen molar-refractivity contribution in [2.75, 3.05) is 6.61 Å². The van der Waals surface area contributed by atoms with Crippen LogP contribution in [0, 0.1) is 23.2 Å². The first kappa shape index (κ1) is 18.5. The molecule has 0 radical (unpaired) electrons. The number of hydrogen-bond donors (Lipinski definition) is 0. The summed E-state index contributed by atoms with van der Waals surface area (Å²) in [6.45, 7) is 3.35. The summed E-state index contributed by atoms with van der Waals surface area (Å²) in [6.07, 6.45) is 13.7. The fourth-order valence-electron chi connectivity index (χ4n) is 4.63. The third kappa shape index (κ3) is 5.58. The zero-order valence-corrected chi connectivity index (χ0v) is 15.8. The summed E-state index contributed by atoms with van der Waals surface area (Å²) in [5.41, 5.74) is 2.15. The average Bonchev–Trinajstić information content (AvgIpc) is 2.67. The molecular formula is C23H33NO. The Morgan fingerprint density at radius 3 is 2.28 bits per heavy atom. The van der Waals surface area contributed by atoms with Gasteiger partial charge in [-0.2, -0.15) is 5.26 Å². The number of hydrogen-bond acceptors (Lipinski definition) is 2. The van der Waals surface area contributed by atoms with Gasteiger partial charge in [0.2, 0.25) is 0 Å². The van der Waals surface area contributed by atoms with E-state index in [4.69, 9.17) is 10.00 Å². The lowest BCUT2D eigenvalue weighted by Crippen LogP contribution is -2.21. The molecule has 0 amide bonds. The zero-order chi connectivity index (χ0) is 17.5. The van der Waals surface area contributed by atoms with Gasteiger partial charge in [-0.25, -0.2) is 0 Å². The quantitative estimate of drug-likeness (QED) is 0.577. The van der Waals surface area contributed by atoms with E-state index in [0.717, 1.165) is 24.0 Å². The third-order valence-electron chi connectivity index (χ3n) is 6.43. The smallest absolute Gasteiger partial charge is 0.0991 e. The van der Waals surface area contributed by atoms with Crippen molar-refractivity contribution in [3.05, 3.63) is 35.4 Å². The second-order valence-corrected chi connectivity index (χ2v) is 8.35. The van der Waals surface area contributed by atoms with Gasteiger partial charge in [0.05, 0.1) is 17.7 Å². The molecule has 2 nitrogen and oxygen atoms in total. The van der Waals surface area contributed by atoms with Gasteiger partial charge in [-0.15, -0.1) is 0 Å². The van der Waals surface area contributed by atoms with Crippen molar-refractivity contribution in [3.63, 3.8) is 0 Å². The predicted octanol–water partition coefficient (Wildman–Crippen LogP) is 6.21. The number of nitrogens with zero attached hydrogens (tertiary/aromatic N) is 1. The van der Waals surface area contributed by atoms with Gasteiger partial charge >= 0.3 is 0 Å². The minimum Gasteiger partial charge on any atom is -0.378 e. The second kappa shape index (κ2) is 9.39. The van der Waals surface area contributed by atoms with Gasteiger partial charge < -0.3 is 4.74 Å². The Balaban J connectivity index is 1.30. The Labute approximate surface area is 153 Å². The van der Waals surface area contributed by atoms with Crippen LogP contribution in [0.1, 0.15) is 88.2 Å². The summed E-state index contributed by atoms with van der Waals surface area (Å²) in [4.78, 5) is 0. The molecule has 0 heterocycles. The van der Waals surface area contributed by atoms with Gasteiger partial charge in [0, 0.05) is 6.61 Å². The highest BCUT2D eigenvalue weighted by molar-refractivity contribution is 5.33. The van der Waals surface area contributed by atoms with Crippen LogP contribution in [0.2, 0.25) is 0 Å². The van der Waals surface area contributed by atoms with Gasteiger partial charge in [0.25, 0.3) is 0 Å². The molecule has 2 heteroatoms. The molecule has 0 aliphatic heterocycles. The highest BCUT2D eigenvalue weighted by Gasteiger charge is 2.23. The number of ether oxygens (including phenoxy) is 1. The largest absolute Gasteiger partial charge is 0.378 e. The van der Waals surface area contributed by atoms with Crippen molar-refractivity contribution < 1.29 is 4.74 Å². The van der Waals surface area contributed by atoms with E-state index in [1.807, 2.05) is 12.1 Å². The lowest BCUT2D eigenvalue weighted by molar-refractivity contribution is 0.0205. The first-order valence-corrected chi connectivity index (χ1v) is 10.4. The van der Waals surface area contributed by atoms with Crippen LogP contribution >= 0.6 is 0 Å². The highest BCUT2D eigenvalue weighted by Crippen LogP contribution is 2.34. The average molecular weight is 340 g/mol. The van der Waals surface area contributed by atoms with Crippen molar-refractivity contribution in [2.24, 2.45) is 11.8 Å². The van der Waals surface area contributed by atoms with Crippen molar-refractivity contribution in [1.29, 1.82) is 5.26 Å². The molecule has 0 atom stereocenters. The minimum atomic E-state index is 0.473. The molecule has 136 valence electrons. The lowest BCUT2D eigenvalue weighted by atomic mass is 9.81. The van der Waals surface area contributed by atoms with Gasteiger partial charge in [0.1, 0.15) is 0 Å². The van der Waals surface area contributed by atoms with E-state index in [1.54, 1.807) is 0 Å². The van der Waals surface area contributed by atoms with Crippen molar-refractivity contribution in [1.82, 2.24) is 0 Å². The molecule has 0 N–H and O–H groups in total. The SMILES string of the molecule is CC1CCC(CCCOC2CCC(c3ccc(C#N)cc3)CC2)CC1. The van der Waals surface area contributed by atoms with E-state index in [2.05, 4.69) is 25.1 Å². The molecule has 2 aliphatic rings. The van der Waals surface area contributed by atoms with Gasteiger partial charge in [-0.3, -0.25) is 0 Å². The maximum absolute atomic E-state index is 8.90. The molecule has 3 rings (SSSR count). The second-order valence-electron chi connectivity index (χ2n) is 8.35. The lowest BCUT2D eigenvalue weighted by Gasteiger charge is -2.29. The van der Waals surface area contributed by atoms with Crippen LogP contribution in [-0.4, -0.2) is 12.7 Å². The van der Waals surface area contributed by atoms with Crippen molar-refractivity contribution in [2.45, 2.75) is 83.2 Å². The number of benzene rings is 1. The Morgan fingerprint density at radius 2 is 1.64 bits per heavy atom. The fourth-order valence-corrected chi connectivity index (χ4v) is 4.63. The molecule has 0 unspecified atom stereocenters. The Hall–Kier alpha value is -1.33. The summed E-state index contributed by atoms with van der Waals surface area (Å²) < 4.78 is 6.17. The molecule has 0 aromatic heterocycles. The monoisotopic (exact) mass is 339 g/mol. The summed E-state index contributed by atoms with van der Waals surface area (Å²) in [6, 6.07) is 10.4. The summed E-state index contributed by atoms with van der Waals surface area (Å²) in [5.74, 6) is 2.57. The molecular weight excluding hydrogens is 306 g/mol. The standard InChI is InChI=1S/C23H33NO/c1-18-4-6-19(7-5-18)3-2-16-25-23-14-12-22(13-15-23)21-10-8-20(17-24)9-11-21/h8-11,18-19,22-23H,2-7,12-16H2,1H3. The van der Waals surface area contributed by atoms with Crippen LogP contribution in [0.4, 0.5) is 0 Å². The van der Waals surface area contributed by atoms with E-state index in [1.165, 1.54) is 69.8 Å². The molecule has 2 saturated carbocycles. The maximum atomic E-state index is 8.90. The van der Waals surface area contributed by atoms with E-state index in [0.29, 0.717) is 12.0 Å². The van der Waals surface area contributed by atoms with E-state index in [9.17, 15) is 0 Å². The van der Waals surface area contributed by atoms with Crippen LogP contribution in [0.15, 0.2) is 24.3 Å². The van der Waals surface area contributed by atoms with Crippen LogP contribution in [-0.2, 0) is 4.74 Å². The van der Waals surface area contributed by atoms with E-state index < -0.39 is 0 Å². The van der Waals surface area contributed by atoms with Gasteiger partial charge in [0.15, 0.2) is 0 Å². The molecule has 0 saturated heterocycles. The molecule has 2 fully saturated rings. The Kier molecular flexibility index (Phi) is 6.93. The van der Waals surface area contributed by atoms with E-state index >= 15 is 0 Å². The molecule has 25 heavy (non-hydrogen) atoms. The molecule has 1 aromatic carbocycles. The van der Waals surface area contributed by atoms with Crippen molar-refractivity contribution in [3.8, 4) is 6.07 Å². The molecule has 0 bridgehead atoms. The molecule has 1 aromatic rings. The fraction of sp³-hybridized carbons (Fsp3) is 0.696. The minimum absolute atomic E-state index is 0.473. The molecule has 2 aliphatic carbocycles. The number of nitriles is 1. The first-order chi connectivity index (χ1) is 12.2. The summed E-state index contributed by atoms with van der Waals surface area (Å²) in [5, 5.41) is 8.90. The number of rotatable bonds is 6. The maximum Gasteiger partial charge on any atom is 0.0991 e. The molecule has 0 spiro atoms. The summed E-state index contributed by atoms with van der Waals surface area (Å²) >= 11 is 0. The van der Waals surface area contributed by atoms with Crippen LogP contribution in [0.25, 0.3) is 0 Å². The van der Waals surface area contributed by atoms with Crippen LogP contribution in [0.5, 0.6) is 0 Å².